The van der Waals surface area contributed by atoms with Gasteiger partial charge in [0.1, 0.15) is 12.2 Å². The maximum Gasteiger partial charge on any atom is 0.224 e. The predicted octanol–water partition coefficient (Wildman–Crippen LogP) is 5.78. The molecule has 11 atom stereocenters. The Kier molecular flexibility index (Phi) is 4.77. The van der Waals surface area contributed by atoms with Crippen LogP contribution in [0.4, 0.5) is 0 Å². The molecule has 1 spiro atoms. The quantitative estimate of drug-likeness (QED) is 0.462. The van der Waals surface area contributed by atoms with Crippen molar-refractivity contribution < 1.29 is 24.1 Å². The van der Waals surface area contributed by atoms with E-state index >= 15 is 0 Å². The molecule has 1 saturated carbocycles. The zero-order valence-electron chi connectivity index (χ0n) is 23.8. The van der Waals surface area contributed by atoms with Crippen molar-refractivity contribution in [2.24, 2.45) is 34.0 Å². The van der Waals surface area contributed by atoms with Gasteiger partial charge in [-0.2, -0.15) is 0 Å². The van der Waals surface area contributed by atoms with Crippen molar-refractivity contribution in [2.75, 3.05) is 7.11 Å². The summed E-state index contributed by atoms with van der Waals surface area (Å²) in [5.74, 6) is 0.202. The van der Waals surface area contributed by atoms with Crippen LogP contribution in [-0.2, 0) is 18.9 Å². The Bertz CT molecular complexity index is 1020. The molecule has 1 N–H and O–H groups in total. The molecule has 4 aliphatic heterocycles. The topological polar surface area (TPSA) is 57.2 Å². The highest BCUT2D eigenvalue weighted by atomic mass is 16.7. The second-order valence-corrected chi connectivity index (χ2v) is 15.3. The zero-order valence-corrected chi connectivity index (χ0v) is 23.8. The van der Waals surface area contributed by atoms with Gasteiger partial charge in [0.15, 0.2) is 0 Å². The minimum atomic E-state index is -1.09. The zero-order chi connectivity index (χ0) is 25.7. The van der Waals surface area contributed by atoms with Gasteiger partial charge in [-0.1, -0.05) is 45.8 Å². The van der Waals surface area contributed by atoms with Crippen LogP contribution in [0.1, 0.15) is 99.8 Å². The molecule has 5 fully saturated rings. The van der Waals surface area contributed by atoms with Gasteiger partial charge in [-0.3, -0.25) is 0 Å². The lowest BCUT2D eigenvalue weighted by atomic mass is 9.52. The molecule has 5 heteroatoms. The Balaban J connectivity index is 1.27. The van der Waals surface area contributed by atoms with E-state index in [1.807, 2.05) is 13.8 Å². The molecule has 3 aliphatic carbocycles. The third-order valence-electron chi connectivity index (χ3n) is 13.4. The molecule has 0 amide bonds. The van der Waals surface area contributed by atoms with E-state index in [4.69, 9.17) is 18.9 Å². The molecule has 5 nitrogen and oxygen atoms in total. The second kappa shape index (κ2) is 6.99. The van der Waals surface area contributed by atoms with Crippen molar-refractivity contribution in [3.63, 3.8) is 0 Å². The maximum absolute atomic E-state index is 11.4. The largest absolute Gasteiger partial charge is 0.384 e. The number of allylic oxidation sites excluding steroid dienone is 1. The van der Waals surface area contributed by atoms with E-state index < -0.39 is 17.5 Å². The van der Waals surface area contributed by atoms with Gasteiger partial charge in [-0.05, 0) is 99.2 Å². The normalized spacial score (nSPS) is 58.1. The number of ether oxygens (including phenoxy) is 4. The Labute approximate surface area is 217 Å². The van der Waals surface area contributed by atoms with Gasteiger partial charge in [0.25, 0.3) is 0 Å². The fraction of sp³-hybridized carbons (Fsp3) is 0.935. The molecular formula is C31H48O5. The fourth-order valence-corrected chi connectivity index (χ4v) is 11.5. The fourth-order valence-electron chi connectivity index (χ4n) is 11.5. The molecule has 0 aromatic carbocycles. The van der Waals surface area contributed by atoms with Gasteiger partial charge in [0, 0.05) is 7.11 Å². The lowest BCUT2D eigenvalue weighted by Gasteiger charge is -2.54. The van der Waals surface area contributed by atoms with Gasteiger partial charge in [0.2, 0.25) is 5.79 Å². The summed E-state index contributed by atoms with van der Waals surface area (Å²) in [4.78, 5) is 0. The van der Waals surface area contributed by atoms with E-state index in [2.05, 4.69) is 34.6 Å². The monoisotopic (exact) mass is 500 g/mol. The number of hydrogen-bond acceptors (Lipinski definition) is 5. The summed E-state index contributed by atoms with van der Waals surface area (Å²) >= 11 is 0. The number of methoxy groups -OCH3 is 1. The Hall–Kier alpha value is -0.460. The van der Waals surface area contributed by atoms with Crippen LogP contribution >= 0.6 is 0 Å². The SMILES string of the molecule is CO[C@]12O[C@H]3C[C@@]4(C)C5=C(CC[C@]4(C)[C@H]3[C@H](C)[C@H]1OC(C)(C)[C@H]2O)C[C@]12CC[C@H](O1)C(C)(C)C2CC5. The number of aliphatic hydroxyl groups is 1. The van der Waals surface area contributed by atoms with Gasteiger partial charge in [0.05, 0.1) is 23.4 Å². The molecule has 1 unspecified atom stereocenters. The van der Waals surface area contributed by atoms with Crippen LogP contribution in [0.5, 0.6) is 0 Å². The van der Waals surface area contributed by atoms with Crippen molar-refractivity contribution in [2.45, 2.75) is 141 Å². The van der Waals surface area contributed by atoms with Crippen LogP contribution in [-0.4, -0.2) is 53.6 Å². The summed E-state index contributed by atoms with van der Waals surface area (Å²) in [5.41, 5.74) is 3.34. The highest BCUT2D eigenvalue weighted by molar-refractivity contribution is 5.37. The molecule has 0 aromatic heterocycles. The molecule has 2 bridgehead atoms. The number of aliphatic hydroxyl groups excluding tert-OH is 1. The first-order chi connectivity index (χ1) is 16.8. The third-order valence-corrected chi connectivity index (χ3v) is 13.4. The average molecular weight is 501 g/mol. The van der Waals surface area contributed by atoms with Crippen LogP contribution in [0, 0.1) is 34.0 Å². The first-order valence-corrected chi connectivity index (χ1v) is 14.7. The van der Waals surface area contributed by atoms with Gasteiger partial charge >= 0.3 is 0 Å². The summed E-state index contributed by atoms with van der Waals surface area (Å²) in [7, 11) is 1.68. The maximum atomic E-state index is 11.4. The van der Waals surface area contributed by atoms with Crippen molar-refractivity contribution >= 4 is 0 Å². The lowest BCUT2D eigenvalue weighted by Crippen LogP contribution is -2.63. The molecule has 7 rings (SSSR count). The minimum absolute atomic E-state index is 0.0645. The van der Waals surface area contributed by atoms with Crippen LogP contribution in [0.3, 0.4) is 0 Å². The predicted molar refractivity (Wildman–Crippen MR) is 137 cm³/mol. The summed E-state index contributed by atoms with van der Waals surface area (Å²) < 4.78 is 26.4. The molecule has 4 saturated heterocycles. The highest BCUT2D eigenvalue weighted by Crippen LogP contribution is 2.73. The molecule has 202 valence electrons. The first kappa shape index (κ1) is 24.6. The van der Waals surface area contributed by atoms with E-state index in [1.54, 1.807) is 18.3 Å². The first-order valence-electron chi connectivity index (χ1n) is 14.7. The van der Waals surface area contributed by atoms with Crippen LogP contribution in [0.15, 0.2) is 11.1 Å². The molecule has 0 radical (unpaired) electrons. The third kappa shape index (κ3) is 2.57. The Morgan fingerprint density at radius 1 is 0.944 bits per heavy atom. The number of rotatable bonds is 1. The Morgan fingerprint density at radius 2 is 1.69 bits per heavy atom. The summed E-state index contributed by atoms with van der Waals surface area (Å²) in [6, 6.07) is 0. The highest BCUT2D eigenvalue weighted by Gasteiger charge is 2.74. The summed E-state index contributed by atoms with van der Waals surface area (Å²) in [6.07, 6.45) is 8.89. The van der Waals surface area contributed by atoms with E-state index in [-0.39, 0.29) is 40.0 Å². The molecule has 7 aliphatic rings. The smallest absolute Gasteiger partial charge is 0.224 e. The van der Waals surface area contributed by atoms with Crippen molar-refractivity contribution in [3.8, 4) is 0 Å². The molecule has 0 aromatic rings. The van der Waals surface area contributed by atoms with Crippen molar-refractivity contribution in [1.82, 2.24) is 0 Å². The van der Waals surface area contributed by atoms with Crippen molar-refractivity contribution in [3.05, 3.63) is 11.1 Å². The summed E-state index contributed by atoms with van der Waals surface area (Å²) in [6.45, 7) is 16.3. The van der Waals surface area contributed by atoms with E-state index in [9.17, 15) is 5.11 Å². The van der Waals surface area contributed by atoms with Gasteiger partial charge in [-0.25, -0.2) is 0 Å². The van der Waals surface area contributed by atoms with E-state index in [1.165, 1.54) is 38.5 Å². The Morgan fingerprint density at radius 3 is 2.42 bits per heavy atom. The van der Waals surface area contributed by atoms with Crippen molar-refractivity contribution in [1.29, 1.82) is 0 Å². The number of hydrogen-bond donors (Lipinski definition) is 1. The van der Waals surface area contributed by atoms with Crippen LogP contribution < -0.4 is 0 Å². The van der Waals surface area contributed by atoms with E-state index in [0.29, 0.717) is 17.9 Å². The standard InChI is InChI=1S/C31H48O5/c1-17-23-20(34-31(33-8)24(17)36-27(4,5)25(31)32)16-29(7)19-9-10-21-26(2,3)22-12-14-30(21,35-22)15-18(19)11-13-28(23,29)6/h17,20-25,32H,9-16H2,1-8H3/t17-,20-,21?,22-,23-,24+,25+,28+,29-,30-,31-/m0/s1. The second-order valence-electron chi connectivity index (χ2n) is 15.3. The average Bonchev–Trinajstić information content (AvgIpc) is 3.40. The van der Waals surface area contributed by atoms with E-state index in [0.717, 1.165) is 12.8 Å². The molecule has 4 heterocycles. The molecule has 36 heavy (non-hydrogen) atoms. The van der Waals surface area contributed by atoms with Crippen LogP contribution in [0.2, 0.25) is 0 Å². The summed E-state index contributed by atoms with van der Waals surface area (Å²) in [5, 5.41) is 11.4. The minimum Gasteiger partial charge on any atom is -0.384 e. The van der Waals surface area contributed by atoms with Gasteiger partial charge in [-0.15, -0.1) is 0 Å². The van der Waals surface area contributed by atoms with Gasteiger partial charge < -0.3 is 24.1 Å². The lowest BCUT2D eigenvalue weighted by molar-refractivity contribution is -0.337. The van der Waals surface area contributed by atoms with Crippen LogP contribution in [0.25, 0.3) is 0 Å². The molecular weight excluding hydrogens is 452 g/mol. The number of fused-ring (bicyclic) bond motifs is 6.